The van der Waals surface area contributed by atoms with Crippen molar-refractivity contribution in [2.24, 2.45) is 5.92 Å². The average molecular weight is 304 g/mol. The maximum atomic E-state index is 5.03. The summed E-state index contributed by atoms with van der Waals surface area (Å²) >= 11 is 1.77. The van der Waals surface area contributed by atoms with Crippen molar-refractivity contribution in [1.82, 2.24) is 10.3 Å². The van der Waals surface area contributed by atoms with Crippen LogP contribution in [0.5, 0.6) is 0 Å². The number of rotatable bonds is 9. The summed E-state index contributed by atoms with van der Waals surface area (Å²) in [6.45, 7) is 5.03. The van der Waals surface area contributed by atoms with Crippen LogP contribution in [0.4, 0.5) is 0 Å². The molecule has 1 heterocycles. The smallest absolute Gasteiger partial charge is 0.0932 e. The van der Waals surface area contributed by atoms with Crippen molar-refractivity contribution in [2.45, 2.75) is 19.8 Å². The molecule has 0 aliphatic rings. The minimum absolute atomic E-state index is 0.658. The van der Waals surface area contributed by atoms with Crippen molar-refractivity contribution in [1.29, 1.82) is 0 Å². The summed E-state index contributed by atoms with van der Waals surface area (Å²) < 4.78 is 5.03. The Hall–Kier alpha value is -1.23. The Bertz CT molecular complexity index is 513. The van der Waals surface area contributed by atoms with Crippen LogP contribution in [0.15, 0.2) is 35.7 Å². The molecule has 1 aromatic heterocycles. The second kappa shape index (κ2) is 8.93. The molecule has 1 unspecified atom stereocenters. The first-order valence-electron chi connectivity index (χ1n) is 7.49. The van der Waals surface area contributed by atoms with Gasteiger partial charge >= 0.3 is 0 Å². The fourth-order valence-corrected chi connectivity index (χ4v) is 2.99. The first-order valence-corrected chi connectivity index (χ1v) is 8.37. The van der Waals surface area contributed by atoms with Crippen LogP contribution < -0.4 is 5.32 Å². The van der Waals surface area contributed by atoms with E-state index in [1.54, 1.807) is 18.4 Å². The van der Waals surface area contributed by atoms with E-state index in [0.29, 0.717) is 5.92 Å². The van der Waals surface area contributed by atoms with Crippen LogP contribution in [0.3, 0.4) is 0 Å². The normalized spacial score (nSPS) is 12.5. The third kappa shape index (κ3) is 5.58. The largest absolute Gasteiger partial charge is 0.383 e. The van der Waals surface area contributed by atoms with E-state index in [9.17, 15) is 0 Å². The van der Waals surface area contributed by atoms with Crippen LogP contribution >= 0.6 is 11.3 Å². The second-order valence-electron chi connectivity index (χ2n) is 5.33. The van der Waals surface area contributed by atoms with Crippen molar-refractivity contribution in [3.63, 3.8) is 0 Å². The van der Waals surface area contributed by atoms with Crippen LogP contribution in [-0.4, -0.2) is 31.8 Å². The van der Waals surface area contributed by atoms with Gasteiger partial charge in [0.2, 0.25) is 0 Å². The van der Waals surface area contributed by atoms with Gasteiger partial charge in [-0.25, -0.2) is 4.98 Å². The molecule has 0 saturated carbocycles. The maximum Gasteiger partial charge on any atom is 0.0932 e. The Morgan fingerprint density at radius 2 is 2.10 bits per heavy atom. The van der Waals surface area contributed by atoms with E-state index in [-0.39, 0.29) is 0 Å². The van der Waals surface area contributed by atoms with E-state index in [1.807, 2.05) is 6.07 Å². The van der Waals surface area contributed by atoms with Crippen LogP contribution in [0.25, 0.3) is 11.3 Å². The molecule has 0 aliphatic heterocycles. The van der Waals surface area contributed by atoms with E-state index in [1.165, 1.54) is 17.0 Å². The highest BCUT2D eigenvalue weighted by Crippen LogP contribution is 2.22. The van der Waals surface area contributed by atoms with Gasteiger partial charge in [-0.05, 0) is 25.3 Å². The Morgan fingerprint density at radius 3 is 2.86 bits per heavy atom. The Labute approximate surface area is 131 Å². The number of methoxy groups -OCH3 is 1. The summed E-state index contributed by atoms with van der Waals surface area (Å²) in [6, 6.07) is 10.4. The molecule has 0 aliphatic carbocycles. The number of aryl methyl sites for hydroxylation is 1. The third-order valence-corrected chi connectivity index (χ3v) is 4.36. The molecule has 21 heavy (non-hydrogen) atoms. The molecule has 0 fully saturated rings. The summed E-state index contributed by atoms with van der Waals surface area (Å²) in [5.74, 6) is 0.658. The molecule has 0 amide bonds. The molecule has 0 bridgehead atoms. The van der Waals surface area contributed by atoms with Gasteiger partial charge in [-0.2, -0.15) is 0 Å². The van der Waals surface area contributed by atoms with Crippen molar-refractivity contribution in [3.8, 4) is 11.3 Å². The van der Waals surface area contributed by atoms with E-state index in [2.05, 4.69) is 41.9 Å². The van der Waals surface area contributed by atoms with Gasteiger partial charge in [-0.1, -0.05) is 37.3 Å². The van der Waals surface area contributed by atoms with Gasteiger partial charge in [0.05, 0.1) is 17.3 Å². The molecule has 0 spiro atoms. The molecule has 1 N–H and O–H groups in total. The van der Waals surface area contributed by atoms with E-state index in [0.717, 1.165) is 31.8 Å². The number of ether oxygens (including phenoxy) is 1. The van der Waals surface area contributed by atoms with E-state index < -0.39 is 0 Å². The second-order valence-corrected chi connectivity index (χ2v) is 6.28. The van der Waals surface area contributed by atoms with Gasteiger partial charge in [-0.3, -0.25) is 0 Å². The summed E-state index contributed by atoms with van der Waals surface area (Å²) in [7, 11) is 1.73. The number of hydrogen-bond donors (Lipinski definition) is 1. The molecule has 2 rings (SSSR count). The topological polar surface area (TPSA) is 34.1 Å². The number of aromatic nitrogens is 1. The molecular formula is C17H24N2OS. The van der Waals surface area contributed by atoms with Gasteiger partial charge in [0.15, 0.2) is 0 Å². The standard InChI is InChI=1S/C17H24N2OS/c1-14(12-18-10-11-20-2)8-9-17-19-16(13-21-17)15-6-4-3-5-7-15/h3-7,13-14,18H,8-12H2,1-2H3. The van der Waals surface area contributed by atoms with Gasteiger partial charge in [0.25, 0.3) is 0 Å². The molecule has 3 nitrogen and oxygen atoms in total. The number of nitrogens with zero attached hydrogens (tertiary/aromatic N) is 1. The summed E-state index contributed by atoms with van der Waals surface area (Å²) in [6.07, 6.45) is 2.23. The molecule has 4 heteroatoms. The van der Waals surface area contributed by atoms with Gasteiger partial charge < -0.3 is 10.1 Å². The highest BCUT2D eigenvalue weighted by Gasteiger charge is 2.07. The minimum atomic E-state index is 0.658. The minimum Gasteiger partial charge on any atom is -0.383 e. The molecule has 1 aromatic carbocycles. The summed E-state index contributed by atoms with van der Waals surface area (Å²) in [4.78, 5) is 4.74. The van der Waals surface area contributed by atoms with Crippen LogP contribution in [-0.2, 0) is 11.2 Å². The van der Waals surface area contributed by atoms with Crippen molar-refractivity contribution >= 4 is 11.3 Å². The van der Waals surface area contributed by atoms with E-state index >= 15 is 0 Å². The highest BCUT2D eigenvalue weighted by atomic mass is 32.1. The van der Waals surface area contributed by atoms with Crippen molar-refractivity contribution in [3.05, 3.63) is 40.7 Å². The Balaban J connectivity index is 1.75. The van der Waals surface area contributed by atoms with Gasteiger partial charge in [0, 0.05) is 24.6 Å². The van der Waals surface area contributed by atoms with E-state index in [4.69, 9.17) is 9.72 Å². The number of nitrogens with one attached hydrogen (secondary N) is 1. The number of hydrogen-bond acceptors (Lipinski definition) is 4. The quantitative estimate of drug-likeness (QED) is 0.719. The van der Waals surface area contributed by atoms with Crippen molar-refractivity contribution in [2.75, 3.05) is 26.8 Å². The third-order valence-electron chi connectivity index (χ3n) is 3.45. The lowest BCUT2D eigenvalue weighted by atomic mass is 10.1. The molecule has 1 atom stereocenters. The van der Waals surface area contributed by atoms with Crippen molar-refractivity contribution < 1.29 is 4.74 Å². The van der Waals surface area contributed by atoms with Crippen LogP contribution in [0.2, 0.25) is 0 Å². The molecule has 0 saturated heterocycles. The molecule has 2 aromatic rings. The highest BCUT2D eigenvalue weighted by molar-refractivity contribution is 7.09. The first-order chi connectivity index (χ1) is 10.3. The van der Waals surface area contributed by atoms with Crippen LogP contribution in [0, 0.1) is 5.92 Å². The van der Waals surface area contributed by atoms with Gasteiger partial charge in [-0.15, -0.1) is 11.3 Å². The first kappa shape index (κ1) is 16.1. The Morgan fingerprint density at radius 1 is 1.29 bits per heavy atom. The number of thiazole rings is 1. The predicted molar refractivity (Wildman–Crippen MR) is 89.8 cm³/mol. The monoisotopic (exact) mass is 304 g/mol. The lowest BCUT2D eigenvalue weighted by Gasteiger charge is -2.11. The zero-order chi connectivity index (χ0) is 14.9. The molecule has 114 valence electrons. The van der Waals surface area contributed by atoms with Gasteiger partial charge in [0.1, 0.15) is 0 Å². The zero-order valence-electron chi connectivity index (χ0n) is 12.8. The fourth-order valence-electron chi connectivity index (χ4n) is 2.16. The summed E-state index contributed by atoms with van der Waals surface area (Å²) in [5.41, 5.74) is 2.30. The lowest BCUT2D eigenvalue weighted by Crippen LogP contribution is -2.25. The lowest BCUT2D eigenvalue weighted by molar-refractivity contribution is 0.198. The predicted octanol–water partition coefficient (Wildman–Crippen LogP) is 3.61. The fraction of sp³-hybridized carbons (Fsp3) is 0.471. The molecular weight excluding hydrogens is 280 g/mol. The molecule has 0 radical (unpaired) electrons. The zero-order valence-corrected chi connectivity index (χ0v) is 13.7. The SMILES string of the molecule is COCCNCC(C)CCc1nc(-c2ccccc2)cs1. The summed E-state index contributed by atoms with van der Waals surface area (Å²) in [5, 5.41) is 6.80. The Kier molecular flexibility index (Phi) is 6.86. The maximum absolute atomic E-state index is 5.03. The number of benzene rings is 1. The van der Waals surface area contributed by atoms with Crippen LogP contribution in [0.1, 0.15) is 18.4 Å². The average Bonchev–Trinajstić information content (AvgIpc) is 2.99.